The molecule has 0 unspecified atom stereocenters. The van der Waals surface area contributed by atoms with Gasteiger partial charge in [-0.25, -0.2) is 4.39 Å². The molecule has 5 nitrogen and oxygen atoms in total. The predicted octanol–water partition coefficient (Wildman–Crippen LogP) is 2.08. The van der Waals surface area contributed by atoms with Crippen LogP contribution in [0.1, 0.15) is 24.8 Å². The van der Waals surface area contributed by atoms with Crippen molar-refractivity contribution in [2.24, 2.45) is 4.99 Å². The second-order valence-corrected chi connectivity index (χ2v) is 5.52. The number of nitrogens with zero attached hydrogens (tertiary/aromatic N) is 1. The third kappa shape index (κ3) is 6.97. The lowest BCUT2D eigenvalue weighted by molar-refractivity contribution is -0.0320. The fraction of sp³-hybridized carbons (Fsp3) is 0.588. The Balaban J connectivity index is 1.57. The zero-order chi connectivity index (χ0) is 16.3. The lowest BCUT2D eigenvalue weighted by atomic mass is 10.1. The van der Waals surface area contributed by atoms with E-state index in [0.29, 0.717) is 18.6 Å². The quantitative estimate of drug-likeness (QED) is 0.458. The van der Waals surface area contributed by atoms with Crippen LogP contribution in [0, 0.1) is 5.82 Å². The van der Waals surface area contributed by atoms with Crippen molar-refractivity contribution in [2.45, 2.75) is 31.9 Å². The SMILES string of the molecule is CN=C(NCCCOC1CCOCC1)NCc1cccc(F)c1. The summed E-state index contributed by atoms with van der Waals surface area (Å²) in [6, 6.07) is 6.54. The first-order valence-electron chi connectivity index (χ1n) is 8.16. The van der Waals surface area contributed by atoms with Crippen molar-refractivity contribution >= 4 is 5.96 Å². The average molecular weight is 323 g/mol. The van der Waals surface area contributed by atoms with E-state index in [-0.39, 0.29) is 5.82 Å². The number of halogens is 1. The van der Waals surface area contributed by atoms with Crippen LogP contribution >= 0.6 is 0 Å². The summed E-state index contributed by atoms with van der Waals surface area (Å²) in [6.07, 6.45) is 3.24. The molecule has 1 fully saturated rings. The minimum atomic E-state index is -0.225. The first-order valence-corrected chi connectivity index (χ1v) is 8.16. The van der Waals surface area contributed by atoms with E-state index in [1.807, 2.05) is 6.07 Å². The summed E-state index contributed by atoms with van der Waals surface area (Å²) in [7, 11) is 1.72. The number of aliphatic imine (C=N–C) groups is 1. The van der Waals surface area contributed by atoms with Gasteiger partial charge in [-0.1, -0.05) is 12.1 Å². The van der Waals surface area contributed by atoms with E-state index < -0.39 is 0 Å². The van der Waals surface area contributed by atoms with E-state index in [2.05, 4.69) is 15.6 Å². The molecule has 0 aliphatic carbocycles. The minimum Gasteiger partial charge on any atom is -0.381 e. The molecule has 1 saturated heterocycles. The summed E-state index contributed by atoms with van der Waals surface area (Å²) in [5, 5.41) is 6.40. The van der Waals surface area contributed by atoms with Crippen molar-refractivity contribution in [1.29, 1.82) is 0 Å². The van der Waals surface area contributed by atoms with Gasteiger partial charge in [-0.05, 0) is 37.0 Å². The maximum absolute atomic E-state index is 13.1. The molecule has 1 aromatic carbocycles. The number of ether oxygens (including phenoxy) is 2. The van der Waals surface area contributed by atoms with Gasteiger partial charge in [-0.3, -0.25) is 4.99 Å². The molecular weight excluding hydrogens is 297 g/mol. The summed E-state index contributed by atoms with van der Waals surface area (Å²) in [5.41, 5.74) is 0.885. The summed E-state index contributed by atoms with van der Waals surface area (Å²) in [4.78, 5) is 4.16. The highest BCUT2D eigenvalue weighted by Gasteiger charge is 2.13. The number of hydrogen-bond acceptors (Lipinski definition) is 3. The Labute approximate surface area is 137 Å². The van der Waals surface area contributed by atoms with Crippen LogP contribution in [0.2, 0.25) is 0 Å². The van der Waals surface area contributed by atoms with Crippen molar-refractivity contribution in [3.05, 3.63) is 35.6 Å². The van der Waals surface area contributed by atoms with Gasteiger partial charge in [0, 0.05) is 40.0 Å². The van der Waals surface area contributed by atoms with Crippen LogP contribution < -0.4 is 10.6 Å². The fourth-order valence-electron chi connectivity index (χ4n) is 2.42. The zero-order valence-electron chi connectivity index (χ0n) is 13.7. The fourth-order valence-corrected chi connectivity index (χ4v) is 2.42. The van der Waals surface area contributed by atoms with E-state index in [1.54, 1.807) is 13.1 Å². The Kier molecular flexibility index (Phi) is 7.83. The number of nitrogens with one attached hydrogen (secondary N) is 2. The largest absolute Gasteiger partial charge is 0.381 e. The van der Waals surface area contributed by atoms with Crippen molar-refractivity contribution in [3.8, 4) is 0 Å². The molecule has 0 amide bonds. The molecule has 6 heteroatoms. The third-order valence-corrected chi connectivity index (χ3v) is 3.71. The molecule has 1 heterocycles. The van der Waals surface area contributed by atoms with Crippen LogP contribution in [0.5, 0.6) is 0 Å². The Morgan fingerprint density at radius 3 is 2.91 bits per heavy atom. The molecule has 0 spiro atoms. The lowest BCUT2D eigenvalue weighted by Crippen LogP contribution is -2.37. The van der Waals surface area contributed by atoms with Gasteiger partial charge in [0.2, 0.25) is 0 Å². The van der Waals surface area contributed by atoms with Gasteiger partial charge in [0.05, 0.1) is 6.10 Å². The lowest BCUT2D eigenvalue weighted by Gasteiger charge is -2.22. The molecule has 1 aromatic rings. The predicted molar refractivity (Wildman–Crippen MR) is 89.0 cm³/mol. The van der Waals surface area contributed by atoms with Gasteiger partial charge in [0.15, 0.2) is 5.96 Å². The molecular formula is C17H26FN3O2. The van der Waals surface area contributed by atoms with Crippen LogP contribution in [0.4, 0.5) is 4.39 Å². The smallest absolute Gasteiger partial charge is 0.191 e. The van der Waals surface area contributed by atoms with Crippen LogP contribution in [0.15, 0.2) is 29.3 Å². The van der Waals surface area contributed by atoms with Gasteiger partial charge >= 0.3 is 0 Å². The van der Waals surface area contributed by atoms with Crippen LogP contribution in [-0.4, -0.2) is 45.5 Å². The molecule has 2 N–H and O–H groups in total. The molecule has 0 atom stereocenters. The molecule has 1 aliphatic rings. The summed E-state index contributed by atoms with van der Waals surface area (Å²) < 4.78 is 24.2. The van der Waals surface area contributed by atoms with E-state index in [4.69, 9.17) is 9.47 Å². The highest BCUT2D eigenvalue weighted by atomic mass is 19.1. The van der Waals surface area contributed by atoms with Crippen LogP contribution in [-0.2, 0) is 16.0 Å². The summed E-state index contributed by atoms with van der Waals surface area (Å²) in [6.45, 7) is 3.67. The van der Waals surface area contributed by atoms with Crippen LogP contribution in [0.25, 0.3) is 0 Å². The number of hydrogen-bond donors (Lipinski definition) is 2. The molecule has 0 bridgehead atoms. The summed E-state index contributed by atoms with van der Waals surface area (Å²) in [5.74, 6) is 0.484. The number of rotatable bonds is 7. The summed E-state index contributed by atoms with van der Waals surface area (Å²) >= 11 is 0. The van der Waals surface area contributed by atoms with Gasteiger partial charge in [0.1, 0.15) is 5.82 Å². The number of guanidine groups is 1. The molecule has 23 heavy (non-hydrogen) atoms. The second-order valence-electron chi connectivity index (χ2n) is 5.52. The molecule has 2 rings (SSSR count). The van der Waals surface area contributed by atoms with Gasteiger partial charge < -0.3 is 20.1 Å². The van der Waals surface area contributed by atoms with Gasteiger partial charge in [0.25, 0.3) is 0 Å². The molecule has 128 valence electrons. The van der Waals surface area contributed by atoms with E-state index in [0.717, 1.165) is 51.2 Å². The van der Waals surface area contributed by atoms with E-state index >= 15 is 0 Å². The van der Waals surface area contributed by atoms with Crippen molar-refractivity contribution < 1.29 is 13.9 Å². The van der Waals surface area contributed by atoms with E-state index in [9.17, 15) is 4.39 Å². The first kappa shape index (κ1) is 17.7. The highest BCUT2D eigenvalue weighted by Crippen LogP contribution is 2.10. The Morgan fingerprint density at radius 2 is 2.17 bits per heavy atom. The standard InChI is InChI=1S/C17H26FN3O2/c1-19-17(21-13-14-4-2-5-15(18)12-14)20-8-3-9-23-16-6-10-22-11-7-16/h2,4-5,12,16H,3,6-11,13H2,1H3,(H2,19,20,21). The molecule has 0 saturated carbocycles. The minimum absolute atomic E-state index is 0.225. The Bertz CT molecular complexity index is 490. The molecule has 0 aromatic heterocycles. The Hall–Kier alpha value is -1.66. The number of benzene rings is 1. The first-order chi connectivity index (χ1) is 11.3. The van der Waals surface area contributed by atoms with Crippen molar-refractivity contribution in [1.82, 2.24) is 10.6 Å². The Morgan fingerprint density at radius 1 is 1.35 bits per heavy atom. The van der Waals surface area contributed by atoms with Crippen LogP contribution in [0.3, 0.4) is 0 Å². The van der Waals surface area contributed by atoms with E-state index in [1.165, 1.54) is 12.1 Å². The third-order valence-electron chi connectivity index (χ3n) is 3.71. The topological polar surface area (TPSA) is 54.9 Å². The second kappa shape index (κ2) is 10.2. The monoisotopic (exact) mass is 323 g/mol. The average Bonchev–Trinajstić information content (AvgIpc) is 2.58. The van der Waals surface area contributed by atoms with Gasteiger partial charge in [-0.2, -0.15) is 0 Å². The molecule has 0 radical (unpaired) electrons. The van der Waals surface area contributed by atoms with Crippen molar-refractivity contribution in [2.75, 3.05) is 33.4 Å². The highest BCUT2D eigenvalue weighted by molar-refractivity contribution is 5.79. The van der Waals surface area contributed by atoms with Crippen molar-refractivity contribution in [3.63, 3.8) is 0 Å². The maximum Gasteiger partial charge on any atom is 0.191 e. The van der Waals surface area contributed by atoms with Gasteiger partial charge in [-0.15, -0.1) is 0 Å². The maximum atomic E-state index is 13.1. The molecule has 1 aliphatic heterocycles. The normalized spacial score (nSPS) is 16.3. The zero-order valence-corrected chi connectivity index (χ0v) is 13.7.